The summed E-state index contributed by atoms with van der Waals surface area (Å²) in [5.41, 5.74) is 1.44. The largest absolute Gasteiger partial charge is 0.545 e. The van der Waals surface area contributed by atoms with E-state index in [1.807, 2.05) is 83.8 Å². The minimum atomic E-state index is -4.89. The third-order valence-electron chi connectivity index (χ3n) is 8.10. The SMILES string of the molecule is [C-]#[N+]CCOP(C)OC[C@H](COC(c1ccccc1)(c1ccc(OC)cc1)c1ccc(OC)cc1)O[CH-]CN1CCN(C(=O)C(F)(F)F)CC1.[U]. The molecule has 1 fully saturated rings. The molecule has 1 unspecified atom stereocenters. The van der Waals surface area contributed by atoms with Crippen LogP contribution in [-0.2, 0) is 28.9 Å². The fourth-order valence-corrected chi connectivity index (χ4v) is 6.25. The number of benzene rings is 3. The van der Waals surface area contributed by atoms with Crippen LogP contribution >= 0.6 is 8.38 Å². The molecule has 10 nitrogen and oxygen atoms in total. The van der Waals surface area contributed by atoms with Crippen molar-refractivity contribution in [1.82, 2.24) is 9.80 Å². The third kappa shape index (κ3) is 12.2. The van der Waals surface area contributed by atoms with Crippen LogP contribution in [0.4, 0.5) is 13.2 Å². The standard InChI is InChI=1S/C36H42F3N3O7P.U/c1-40-18-24-48-50(4)49-27-33(46-25-23-41-19-21-42(22-20-41)34(43)36(37,38)39)26-47-35(28-8-6-5-7-9-28,29-10-14-31(44-2)15-11-29)30-12-16-32(45-3)17-13-30;/h5-17,25,33H,18-24,26-27H2,2-4H3;/q-1;/t33-,50?;/m0./s1. The van der Waals surface area contributed by atoms with Crippen molar-refractivity contribution in [3.8, 4) is 11.5 Å². The average Bonchev–Trinajstić information content (AvgIpc) is 3.14. The van der Waals surface area contributed by atoms with Crippen LogP contribution in [0.3, 0.4) is 0 Å². The van der Waals surface area contributed by atoms with Crippen LogP contribution in [0.5, 0.6) is 11.5 Å². The van der Waals surface area contributed by atoms with E-state index in [-0.39, 0.29) is 83.7 Å². The number of carbonyl (C=O) groups excluding carboxylic acids is 1. The van der Waals surface area contributed by atoms with Crippen LogP contribution in [0, 0.1) is 44.3 Å². The monoisotopic (exact) mass is 954 g/mol. The molecular weight excluding hydrogens is 912 g/mol. The van der Waals surface area contributed by atoms with Gasteiger partial charge in [0, 0.05) is 64.0 Å². The van der Waals surface area contributed by atoms with Crippen LogP contribution in [0.1, 0.15) is 16.7 Å². The predicted octanol–water partition coefficient (Wildman–Crippen LogP) is 6.16. The number of hydrogen-bond acceptors (Lipinski definition) is 8. The van der Waals surface area contributed by atoms with E-state index in [1.54, 1.807) is 27.5 Å². The smallest absolute Gasteiger partial charge is 0.471 e. The first-order chi connectivity index (χ1) is 24.1. The Labute approximate surface area is 322 Å². The van der Waals surface area contributed by atoms with Crippen molar-refractivity contribution in [2.45, 2.75) is 17.9 Å². The zero-order valence-electron chi connectivity index (χ0n) is 28.8. The molecule has 1 heterocycles. The van der Waals surface area contributed by atoms with Crippen LogP contribution in [0.2, 0.25) is 0 Å². The molecule has 0 saturated carbocycles. The summed E-state index contributed by atoms with van der Waals surface area (Å²) in [7, 11) is 1.90. The number of methoxy groups -OCH3 is 2. The average molecular weight is 955 g/mol. The van der Waals surface area contributed by atoms with Crippen LogP contribution in [-0.4, -0.2) is 108 Å². The summed E-state index contributed by atoms with van der Waals surface area (Å²) in [5.74, 6) is -0.447. The summed E-state index contributed by atoms with van der Waals surface area (Å²) in [4.78, 5) is 17.7. The van der Waals surface area contributed by atoms with Gasteiger partial charge in [-0.2, -0.15) is 19.8 Å². The van der Waals surface area contributed by atoms with Crippen molar-refractivity contribution in [2.75, 3.05) is 80.0 Å². The van der Waals surface area contributed by atoms with Crippen LogP contribution in [0.25, 0.3) is 4.85 Å². The zero-order valence-corrected chi connectivity index (χ0v) is 33.9. The second-order valence-electron chi connectivity index (χ2n) is 11.3. The molecule has 51 heavy (non-hydrogen) atoms. The summed E-state index contributed by atoms with van der Waals surface area (Å²) in [5, 5.41) is 0. The molecule has 3 aromatic rings. The van der Waals surface area contributed by atoms with Gasteiger partial charge in [-0.1, -0.05) is 54.6 Å². The summed E-state index contributed by atoms with van der Waals surface area (Å²) >= 11 is 0. The van der Waals surface area contributed by atoms with Gasteiger partial charge in [0.1, 0.15) is 23.7 Å². The van der Waals surface area contributed by atoms with Gasteiger partial charge in [0.15, 0.2) is 8.38 Å². The van der Waals surface area contributed by atoms with Crippen molar-refractivity contribution in [3.05, 3.63) is 114 Å². The van der Waals surface area contributed by atoms with Gasteiger partial charge < -0.3 is 42.6 Å². The minimum absolute atomic E-state index is 0. The van der Waals surface area contributed by atoms with Crippen LogP contribution in [0.15, 0.2) is 78.9 Å². The van der Waals surface area contributed by atoms with Gasteiger partial charge in [0.25, 0.3) is 0 Å². The molecule has 3 aromatic carbocycles. The van der Waals surface area contributed by atoms with E-state index in [1.165, 1.54) is 0 Å². The molecule has 1 aliphatic heterocycles. The minimum Gasteiger partial charge on any atom is -0.545 e. The molecule has 0 spiro atoms. The number of nitrogens with zero attached hydrogens (tertiary/aromatic N) is 3. The Hall–Kier alpha value is -2.71. The number of piperazine rings is 1. The maximum Gasteiger partial charge on any atom is 0.471 e. The molecule has 1 saturated heterocycles. The number of amides is 1. The Balaban J connectivity index is 0.00000702. The van der Waals surface area contributed by atoms with Gasteiger partial charge >= 0.3 is 12.1 Å². The number of hydrogen-bond donors (Lipinski definition) is 0. The Morgan fingerprint density at radius 3 is 1.92 bits per heavy atom. The quantitative estimate of drug-likeness (QED) is 0.0650. The molecule has 274 valence electrons. The number of ether oxygens (including phenoxy) is 4. The van der Waals surface area contributed by atoms with Gasteiger partial charge in [-0.25, -0.2) is 6.57 Å². The Bertz CT molecular complexity index is 1460. The maximum absolute atomic E-state index is 12.9. The third-order valence-corrected chi connectivity index (χ3v) is 9.16. The van der Waals surface area contributed by atoms with E-state index >= 15 is 0 Å². The van der Waals surface area contributed by atoms with Gasteiger partial charge in [-0.15, -0.1) is 6.54 Å². The number of carbonyl (C=O) groups is 1. The molecule has 1 aliphatic rings. The Morgan fingerprint density at radius 2 is 1.41 bits per heavy atom. The van der Waals surface area contributed by atoms with E-state index in [9.17, 15) is 18.0 Å². The fraction of sp³-hybridized carbons (Fsp3) is 0.417. The molecule has 0 N–H and O–H groups in total. The first-order valence-corrected chi connectivity index (χ1v) is 17.6. The van der Waals surface area contributed by atoms with Crippen molar-refractivity contribution >= 4 is 14.3 Å². The van der Waals surface area contributed by atoms with Crippen molar-refractivity contribution in [2.24, 2.45) is 0 Å². The van der Waals surface area contributed by atoms with E-state index < -0.39 is 32.2 Å². The Morgan fingerprint density at radius 1 is 0.863 bits per heavy atom. The maximum atomic E-state index is 12.9. The summed E-state index contributed by atoms with van der Waals surface area (Å²) in [6.07, 6.45) is -5.52. The molecular formula is C36H42F3N3O7PU-. The van der Waals surface area contributed by atoms with Crippen LogP contribution < -0.4 is 9.47 Å². The van der Waals surface area contributed by atoms with E-state index in [0.717, 1.165) is 21.6 Å². The molecule has 4 rings (SSSR count). The number of rotatable bonds is 18. The van der Waals surface area contributed by atoms with Gasteiger partial charge in [-0.05, 0) is 41.0 Å². The molecule has 15 heteroatoms. The number of alkyl halides is 3. The molecule has 0 aromatic heterocycles. The molecule has 0 aliphatic carbocycles. The molecule has 1 amide bonds. The molecule has 0 bridgehead atoms. The van der Waals surface area contributed by atoms with Gasteiger partial charge in [-0.3, -0.25) is 4.79 Å². The summed E-state index contributed by atoms with van der Waals surface area (Å²) in [6.45, 7) is 11.8. The first-order valence-electron chi connectivity index (χ1n) is 16.0. The van der Waals surface area contributed by atoms with Crippen molar-refractivity contribution in [1.29, 1.82) is 0 Å². The Kier molecular flexibility index (Phi) is 17.7. The fourth-order valence-electron chi connectivity index (χ4n) is 5.46. The van der Waals surface area contributed by atoms with Gasteiger partial charge in [0.05, 0.1) is 33.5 Å². The topological polar surface area (TPSA) is 83.3 Å². The second kappa shape index (κ2) is 21.1. The second-order valence-corrected chi connectivity index (χ2v) is 12.7. The first kappa shape index (κ1) is 42.7. The normalized spacial score (nSPS) is 15.0. The van der Waals surface area contributed by atoms with Gasteiger partial charge in [0.2, 0.25) is 6.54 Å². The van der Waals surface area contributed by atoms with Crippen molar-refractivity contribution in [3.63, 3.8) is 0 Å². The zero-order chi connectivity index (χ0) is 36.0. The predicted molar refractivity (Wildman–Crippen MR) is 183 cm³/mol. The van der Waals surface area contributed by atoms with E-state index in [4.69, 9.17) is 34.6 Å². The van der Waals surface area contributed by atoms with E-state index in [0.29, 0.717) is 18.0 Å². The molecule has 0 radical (unpaired) electrons. The number of halogens is 3. The molecule has 2 atom stereocenters. The summed E-state index contributed by atoms with van der Waals surface area (Å²) < 4.78 is 74.5. The van der Waals surface area contributed by atoms with E-state index in [2.05, 4.69) is 4.85 Å². The summed E-state index contributed by atoms with van der Waals surface area (Å²) in [6, 6.07) is 25.1. The van der Waals surface area contributed by atoms with Crippen molar-refractivity contribution < 1.29 is 77.1 Å².